The summed E-state index contributed by atoms with van der Waals surface area (Å²) >= 11 is 0. The van der Waals surface area contributed by atoms with Crippen LogP contribution in [0.25, 0.3) is 0 Å². The van der Waals surface area contributed by atoms with Crippen LogP contribution in [0, 0.1) is 0 Å². The predicted molar refractivity (Wildman–Crippen MR) is 56.3 cm³/mol. The summed E-state index contributed by atoms with van der Waals surface area (Å²) in [6.07, 6.45) is 5.48. The van der Waals surface area contributed by atoms with Crippen molar-refractivity contribution in [2.75, 3.05) is 7.05 Å². The molecule has 1 aliphatic heterocycles. The maximum atomic E-state index is 11.9. The summed E-state index contributed by atoms with van der Waals surface area (Å²) in [5.74, 6) is -0.0191. The largest absolute Gasteiger partial charge is 0.327 e. The molecule has 2 fully saturated rings. The van der Waals surface area contributed by atoms with Crippen LogP contribution in [0.5, 0.6) is 0 Å². The molecule has 0 bridgehead atoms. The first-order chi connectivity index (χ1) is 7.13. The third-order valence-electron chi connectivity index (χ3n) is 3.62. The summed E-state index contributed by atoms with van der Waals surface area (Å²) in [7, 11) is 1.70. The second-order valence-electron chi connectivity index (χ2n) is 4.57. The van der Waals surface area contributed by atoms with Gasteiger partial charge < -0.3 is 4.90 Å². The SMILES string of the molecule is CC1C(=O)N(C2CCCCC2)C(=O)N1C. The first kappa shape index (κ1) is 10.5. The average molecular weight is 210 g/mol. The molecule has 1 heterocycles. The van der Waals surface area contributed by atoms with Crippen LogP contribution < -0.4 is 0 Å². The lowest BCUT2D eigenvalue weighted by molar-refractivity contribution is -0.129. The smallest absolute Gasteiger partial charge is 0.316 e. The van der Waals surface area contributed by atoms with Crippen LogP contribution in [0.1, 0.15) is 39.0 Å². The molecule has 84 valence electrons. The van der Waals surface area contributed by atoms with Crippen LogP contribution in [0.2, 0.25) is 0 Å². The highest BCUT2D eigenvalue weighted by atomic mass is 16.2. The Balaban J connectivity index is 2.14. The minimum atomic E-state index is -0.278. The molecule has 0 radical (unpaired) electrons. The van der Waals surface area contributed by atoms with Gasteiger partial charge in [0.1, 0.15) is 6.04 Å². The highest BCUT2D eigenvalue weighted by Crippen LogP contribution is 2.27. The Morgan fingerprint density at radius 2 is 1.73 bits per heavy atom. The first-order valence-corrected chi connectivity index (χ1v) is 5.73. The second kappa shape index (κ2) is 3.83. The maximum absolute atomic E-state index is 11.9. The fraction of sp³-hybridized carbons (Fsp3) is 0.818. The van der Waals surface area contributed by atoms with Crippen molar-refractivity contribution in [1.29, 1.82) is 0 Å². The van der Waals surface area contributed by atoms with E-state index in [-0.39, 0.29) is 24.0 Å². The van der Waals surface area contributed by atoms with Crippen molar-refractivity contribution in [2.45, 2.75) is 51.1 Å². The van der Waals surface area contributed by atoms with Gasteiger partial charge in [-0.05, 0) is 19.8 Å². The summed E-state index contributed by atoms with van der Waals surface area (Å²) in [5.41, 5.74) is 0. The number of likely N-dealkylation sites (N-methyl/N-ethyl adjacent to an activating group) is 1. The summed E-state index contributed by atoms with van der Waals surface area (Å²) < 4.78 is 0. The van der Waals surface area contributed by atoms with Crippen molar-refractivity contribution in [3.8, 4) is 0 Å². The molecule has 1 saturated heterocycles. The maximum Gasteiger partial charge on any atom is 0.327 e. The van der Waals surface area contributed by atoms with Crippen molar-refractivity contribution >= 4 is 11.9 Å². The number of carbonyl (C=O) groups is 2. The van der Waals surface area contributed by atoms with Gasteiger partial charge in [0.2, 0.25) is 0 Å². The minimum Gasteiger partial charge on any atom is -0.316 e. The molecule has 0 spiro atoms. The first-order valence-electron chi connectivity index (χ1n) is 5.73. The lowest BCUT2D eigenvalue weighted by atomic mass is 9.94. The van der Waals surface area contributed by atoms with E-state index in [2.05, 4.69) is 0 Å². The number of imide groups is 1. The minimum absolute atomic E-state index is 0.0191. The zero-order chi connectivity index (χ0) is 11.0. The van der Waals surface area contributed by atoms with E-state index < -0.39 is 0 Å². The standard InChI is InChI=1S/C11H18N2O2/c1-8-10(14)13(11(15)12(8)2)9-6-4-3-5-7-9/h8-9H,3-7H2,1-2H3. The van der Waals surface area contributed by atoms with Gasteiger partial charge in [0.05, 0.1) is 0 Å². The van der Waals surface area contributed by atoms with Crippen LogP contribution in [0.3, 0.4) is 0 Å². The molecule has 3 amide bonds. The van der Waals surface area contributed by atoms with Crippen LogP contribution >= 0.6 is 0 Å². The zero-order valence-electron chi connectivity index (χ0n) is 9.40. The van der Waals surface area contributed by atoms with Gasteiger partial charge in [0.15, 0.2) is 0 Å². The van der Waals surface area contributed by atoms with Crippen molar-refractivity contribution in [3.63, 3.8) is 0 Å². The summed E-state index contributed by atoms with van der Waals surface area (Å²) in [5, 5.41) is 0. The Kier molecular flexibility index (Phi) is 2.67. The molecule has 1 saturated carbocycles. The quantitative estimate of drug-likeness (QED) is 0.617. The van der Waals surface area contributed by atoms with E-state index in [0.29, 0.717) is 0 Å². The lowest BCUT2D eigenvalue weighted by Crippen LogP contribution is -2.41. The lowest BCUT2D eigenvalue weighted by Gasteiger charge is -2.28. The fourth-order valence-electron chi connectivity index (χ4n) is 2.47. The van der Waals surface area contributed by atoms with E-state index >= 15 is 0 Å². The number of urea groups is 1. The van der Waals surface area contributed by atoms with Crippen LogP contribution in [0.4, 0.5) is 4.79 Å². The molecule has 1 aliphatic carbocycles. The molecule has 0 aromatic rings. The Hall–Kier alpha value is -1.06. The highest BCUT2D eigenvalue weighted by Gasteiger charge is 2.43. The van der Waals surface area contributed by atoms with Crippen molar-refractivity contribution in [1.82, 2.24) is 9.80 Å². The molecule has 4 heteroatoms. The Bertz CT molecular complexity index is 264. The van der Waals surface area contributed by atoms with E-state index in [9.17, 15) is 9.59 Å². The molecule has 2 aliphatic rings. The fourth-order valence-corrected chi connectivity index (χ4v) is 2.47. The predicted octanol–water partition coefficient (Wildman–Crippen LogP) is 1.60. The van der Waals surface area contributed by atoms with E-state index in [4.69, 9.17) is 0 Å². The van der Waals surface area contributed by atoms with E-state index in [1.807, 2.05) is 0 Å². The molecule has 4 nitrogen and oxygen atoms in total. The summed E-state index contributed by atoms with van der Waals surface area (Å²) in [6, 6.07) is -0.232. The Morgan fingerprint density at radius 1 is 1.13 bits per heavy atom. The Morgan fingerprint density at radius 3 is 2.20 bits per heavy atom. The van der Waals surface area contributed by atoms with E-state index in [0.717, 1.165) is 25.7 Å². The summed E-state index contributed by atoms with van der Waals surface area (Å²) in [4.78, 5) is 26.8. The molecular formula is C11H18N2O2. The van der Waals surface area contributed by atoms with Gasteiger partial charge in [-0.2, -0.15) is 0 Å². The molecule has 1 unspecified atom stereocenters. The van der Waals surface area contributed by atoms with Gasteiger partial charge in [-0.3, -0.25) is 9.69 Å². The Labute approximate surface area is 90.2 Å². The van der Waals surface area contributed by atoms with E-state index in [1.165, 1.54) is 16.2 Å². The number of hydrogen-bond donors (Lipinski definition) is 0. The van der Waals surface area contributed by atoms with Gasteiger partial charge >= 0.3 is 6.03 Å². The summed E-state index contributed by atoms with van der Waals surface area (Å²) in [6.45, 7) is 1.79. The number of nitrogens with zero attached hydrogens (tertiary/aromatic N) is 2. The van der Waals surface area contributed by atoms with Crippen LogP contribution in [-0.4, -0.2) is 40.9 Å². The second-order valence-corrected chi connectivity index (χ2v) is 4.57. The van der Waals surface area contributed by atoms with Gasteiger partial charge in [-0.1, -0.05) is 19.3 Å². The van der Waals surface area contributed by atoms with Gasteiger partial charge in [0, 0.05) is 13.1 Å². The van der Waals surface area contributed by atoms with Crippen molar-refractivity contribution in [3.05, 3.63) is 0 Å². The average Bonchev–Trinajstić information content (AvgIpc) is 2.45. The number of hydrogen-bond acceptors (Lipinski definition) is 2. The van der Waals surface area contributed by atoms with Crippen molar-refractivity contribution in [2.24, 2.45) is 0 Å². The number of rotatable bonds is 1. The molecule has 15 heavy (non-hydrogen) atoms. The normalized spacial score (nSPS) is 29.1. The van der Waals surface area contributed by atoms with E-state index in [1.54, 1.807) is 14.0 Å². The van der Waals surface area contributed by atoms with Gasteiger partial charge in [-0.25, -0.2) is 4.79 Å². The molecule has 2 rings (SSSR count). The molecule has 0 aromatic carbocycles. The van der Waals surface area contributed by atoms with Crippen LogP contribution in [-0.2, 0) is 4.79 Å². The van der Waals surface area contributed by atoms with Gasteiger partial charge in [-0.15, -0.1) is 0 Å². The zero-order valence-corrected chi connectivity index (χ0v) is 9.40. The van der Waals surface area contributed by atoms with Crippen LogP contribution in [0.15, 0.2) is 0 Å². The molecule has 1 atom stereocenters. The third-order valence-corrected chi connectivity index (χ3v) is 3.62. The molecule has 0 N–H and O–H groups in total. The third kappa shape index (κ3) is 1.62. The monoisotopic (exact) mass is 210 g/mol. The molecule has 0 aromatic heterocycles. The van der Waals surface area contributed by atoms with Crippen molar-refractivity contribution < 1.29 is 9.59 Å². The molecular weight excluding hydrogens is 192 g/mol. The number of amides is 3. The topological polar surface area (TPSA) is 40.6 Å². The number of carbonyl (C=O) groups excluding carboxylic acids is 2. The highest BCUT2D eigenvalue weighted by molar-refractivity contribution is 6.04. The van der Waals surface area contributed by atoms with Gasteiger partial charge in [0.25, 0.3) is 5.91 Å².